The van der Waals surface area contributed by atoms with Crippen LogP contribution in [0.3, 0.4) is 0 Å². The van der Waals surface area contributed by atoms with Gasteiger partial charge < -0.3 is 5.32 Å². The van der Waals surface area contributed by atoms with Crippen LogP contribution in [0.4, 0.5) is 4.39 Å². The number of halogens is 1. The van der Waals surface area contributed by atoms with Gasteiger partial charge in [-0.3, -0.25) is 0 Å². The fourth-order valence-corrected chi connectivity index (χ4v) is 1.63. The molecule has 0 bridgehead atoms. The zero-order valence-corrected chi connectivity index (χ0v) is 7.49. The summed E-state index contributed by atoms with van der Waals surface area (Å²) in [6, 6.07) is 0. The number of alkyl halides is 1. The first-order valence-corrected chi connectivity index (χ1v) is 4.54. The van der Waals surface area contributed by atoms with Crippen LogP contribution < -0.4 is 5.32 Å². The molecule has 0 aromatic carbocycles. The minimum absolute atomic E-state index is 0.574. The molecular weight excluding hydrogens is 141 g/mol. The summed E-state index contributed by atoms with van der Waals surface area (Å²) in [6.07, 6.45) is 2.53. The molecule has 1 heterocycles. The first-order chi connectivity index (χ1) is 5.14. The highest BCUT2D eigenvalue weighted by atomic mass is 19.1. The van der Waals surface area contributed by atoms with Crippen LogP contribution >= 0.6 is 0 Å². The number of rotatable bonds is 3. The summed E-state index contributed by atoms with van der Waals surface area (Å²) >= 11 is 0. The van der Waals surface area contributed by atoms with Crippen LogP contribution in [0.1, 0.15) is 33.1 Å². The van der Waals surface area contributed by atoms with Crippen molar-refractivity contribution in [3.8, 4) is 0 Å². The molecule has 1 N–H and O–H groups in total. The first kappa shape index (κ1) is 8.98. The number of hydrogen-bond donors (Lipinski definition) is 1. The Morgan fingerprint density at radius 3 is 2.82 bits per heavy atom. The summed E-state index contributed by atoms with van der Waals surface area (Å²) in [6.45, 7) is 5.72. The number of nitrogens with one attached hydrogen (secondary N) is 1. The van der Waals surface area contributed by atoms with Gasteiger partial charge in [-0.05, 0) is 45.2 Å². The zero-order valence-electron chi connectivity index (χ0n) is 7.49. The van der Waals surface area contributed by atoms with Gasteiger partial charge in [0.25, 0.3) is 0 Å². The normalized spacial score (nSPS) is 30.3. The average Bonchev–Trinajstić information content (AvgIpc) is 2.39. The van der Waals surface area contributed by atoms with Crippen molar-refractivity contribution < 1.29 is 4.39 Å². The van der Waals surface area contributed by atoms with E-state index >= 15 is 0 Å². The molecule has 1 aliphatic heterocycles. The average molecular weight is 159 g/mol. The molecule has 2 atom stereocenters. The molecule has 0 amide bonds. The van der Waals surface area contributed by atoms with Crippen molar-refractivity contribution in [2.75, 3.05) is 13.1 Å². The Kier molecular flexibility index (Phi) is 2.88. The van der Waals surface area contributed by atoms with E-state index in [1.807, 2.05) is 6.92 Å². The smallest absolute Gasteiger partial charge is 0.108 e. The molecule has 0 aromatic rings. The summed E-state index contributed by atoms with van der Waals surface area (Å²) in [7, 11) is 0. The summed E-state index contributed by atoms with van der Waals surface area (Å²) in [4.78, 5) is 0. The predicted octanol–water partition coefficient (Wildman–Crippen LogP) is 2.12. The van der Waals surface area contributed by atoms with Crippen LogP contribution in [-0.2, 0) is 0 Å². The van der Waals surface area contributed by atoms with E-state index in [2.05, 4.69) is 5.32 Å². The van der Waals surface area contributed by atoms with Crippen molar-refractivity contribution in [3.63, 3.8) is 0 Å². The highest BCUT2D eigenvalue weighted by Crippen LogP contribution is 2.27. The largest absolute Gasteiger partial charge is 0.316 e. The maximum absolute atomic E-state index is 13.4. The van der Waals surface area contributed by atoms with Crippen molar-refractivity contribution in [1.29, 1.82) is 0 Å². The molecule has 1 aliphatic rings. The maximum atomic E-state index is 13.4. The Hall–Kier alpha value is -0.110. The van der Waals surface area contributed by atoms with E-state index in [-0.39, 0.29) is 0 Å². The molecule has 11 heavy (non-hydrogen) atoms. The fraction of sp³-hybridized carbons (Fsp3) is 1.00. The molecule has 66 valence electrons. The van der Waals surface area contributed by atoms with Gasteiger partial charge in [0.2, 0.25) is 0 Å². The minimum atomic E-state index is -0.934. The lowest BCUT2D eigenvalue weighted by Crippen LogP contribution is -2.22. The second-order valence-corrected chi connectivity index (χ2v) is 3.83. The molecule has 1 saturated heterocycles. The third kappa shape index (κ3) is 2.78. The molecule has 0 aromatic heterocycles. The van der Waals surface area contributed by atoms with Crippen LogP contribution in [0, 0.1) is 5.92 Å². The van der Waals surface area contributed by atoms with E-state index in [1.54, 1.807) is 6.92 Å². The SMILES string of the molecule is CCC(C)(F)CC1CCNC1. The zero-order chi connectivity index (χ0) is 8.32. The van der Waals surface area contributed by atoms with Crippen molar-refractivity contribution in [2.45, 2.75) is 38.8 Å². The number of hydrogen-bond acceptors (Lipinski definition) is 1. The Bertz CT molecular complexity index is 117. The quantitative estimate of drug-likeness (QED) is 0.665. The van der Waals surface area contributed by atoms with E-state index in [0.29, 0.717) is 12.3 Å². The summed E-state index contributed by atoms with van der Waals surface area (Å²) in [5.74, 6) is 0.574. The summed E-state index contributed by atoms with van der Waals surface area (Å²) in [5, 5.41) is 3.25. The Balaban J connectivity index is 2.28. The van der Waals surface area contributed by atoms with E-state index < -0.39 is 5.67 Å². The van der Waals surface area contributed by atoms with Gasteiger partial charge in [0.1, 0.15) is 5.67 Å². The molecule has 1 fully saturated rings. The van der Waals surface area contributed by atoms with E-state index in [4.69, 9.17) is 0 Å². The molecule has 2 unspecified atom stereocenters. The van der Waals surface area contributed by atoms with E-state index in [9.17, 15) is 4.39 Å². The third-order valence-electron chi connectivity index (χ3n) is 2.61. The summed E-state index contributed by atoms with van der Waals surface area (Å²) < 4.78 is 13.4. The van der Waals surface area contributed by atoms with Crippen LogP contribution in [0.25, 0.3) is 0 Å². The second kappa shape index (κ2) is 3.53. The van der Waals surface area contributed by atoms with Crippen molar-refractivity contribution in [3.05, 3.63) is 0 Å². The van der Waals surface area contributed by atoms with Gasteiger partial charge in [0.05, 0.1) is 0 Å². The van der Waals surface area contributed by atoms with Crippen LogP contribution in [-0.4, -0.2) is 18.8 Å². The van der Waals surface area contributed by atoms with E-state index in [0.717, 1.165) is 25.9 Å². The Labute approximate surface area is 68.4 Å². The van der Waals surface area contributed by atoms with Crippen LogP contribution in [0.2, 0.25) is 0 Å². The monoisotopic (exact) mass is 159 g/mol. The molecule has 0 spiro atoms. The van der Waals surface area contributed by atoms with Gasteiger partial charge in [-0.15, -0.1) is 0 Å². The van der Waals surface area contributed by atoms with Gasteiger partial charge in [-0.2, -0.15) is 0 Å². The Morgan fingerprint density at radius 1 is 1.64 bits per heavy atom. The van der Waals surface area contributed by atoms with Gasteiger partial charge in [0, 0.05) is 0 Å². The van der Waals surface area contributed by atoms with Gasteiger partial charge >= 0.3 is 0 Å². The third-order valence-corrected chi connectivity index (χ3v) is 2.61. The molecule has 1 nitrogen and oxygen atoms in total. The second-order valence-electron chi connectivity index (χ2n) is 3.83. The fourth-order valence-electron chi connectivity index (χ4n) is 1.63. The van der Waals surface area contributed by atoms with Gasteiger partial charge in [-0.25, -0.2) is 4.39 Å². The molecule has 0 aliphatic carbocycles. The predicted molar refractivity (Wildman–Crippen MR) is 45.4 cm³/mol. The topological polar surface area (TPSA) is 12.0 Å². The highest BCUT2D eigenvalue weighted by Gasteiger charge is 2.27. The minimum Gasteiger partial charge on any atom is -0.316 e. The van der Waals surface area contributed by atoms with Crippen molar-refractivity contribution >= 4 is 0 Å². The van der Waals surface area contributed by atoms with Crippen LogP contribution in [0.15, 0.2) is 0 Å². The van der Waals surface area contributed by atoms with Crippen LogP contribution in [0.5, 0.6) is 0 Å². The van der Waals surface area contributed by atoms with E-state index in [1.165, 1.54) is 0 Å². The molecule has 1 rings (SSSR count). The first-order valence-electron chi connectivity index (χ1n) is 4.54. The van der Waals surface area contributed by atoms with Gasteiger partial charge in [0.15, 0.2) is 0 Å². The maximum Gasteiger partial charge on any atom is 0.108 e. The van der Waals surface area contributed by atoms with Crippen molar-refractivity contribution in [1.82, 2.24) is 5.32 Å². The van der Waals surface area contributed by atoms with Crippen molar-refractivity contribution in [2.24, 2.45) is 5.92 Å². The molecule has 0 saturated carbocycles. The highest BCUT2D eigenvalue weighted by molar-refractivity contribution is 4.80. The standard InChI is InChI=1S/C9H18FN/c1-3-9(2,10)6-8-4-5-11-7-8/h8,11H,3-7H2,1-2H3. The molecule has 0 radical (unpaired) electrons. The Morgan fingerprint density at radius 2 is 2.36 bits per heavy atom. The van der Waals surface area contributed by atoms with Gasteiger partial charge in [-0.1, -0.05) is 6.92 Å². The lowest BCUT2D eigenvalue weighted by Gasteiger charge is -2.21. The lowest BCUT2D eigenvalue weighted by molar-refractivity contribution is 0.144. The molecular formula is C9H18FN. The molecule has 2 heteroatoms. The lowest BCUT2D eigenvalue weighted by atomic mass is 9.91. The summed E-state index contributed by atoms with van der Waals surface area (Å²) in [5.41, 5.74) is -0.934.